The van der Waals surface area contributed by atoms with Gasteiger partial charge in [-0.2, -0.15) is 4.98 Å². The van der Waals surface area contributed by atoms with Gasteiger partial charge in [-0.05, 0) is 18.2 Å². The number of H-pyrrole nitrogens is 1. The van der Waals surface area contributed by atoms with Gasteiger partial charge in [0.05, 0.1) is 16.8 Å². The summed E-state index contributed by atoms with van der Waals surface area (Å²) in [7, 11) is 0. The number of aromatic amines is 1. The van der Waals surface area contributed by atoms with Gasteiger partial charge in [-0.3, -0.25) is 4.79 Å². The first-order valence-electron chi connectivity index (χ1n) is 7.81. The fourth-order valence-corrected chi connectivity index (χ4v) is 3.60. The lowest BCUT2D eigenvalue weighted by Crippen LogP contribution is -2.12. The highest BCUT2D eigenvalue weighted by atomic mass is 35.5. The quantitative estimate of drug-likeness (QED) is 0.435. The SMILES string of the molecule is O=C(CCc1nc(CSc2nc3ccc(Cl)cc3[nH]2)no1)Nc1nncs1. The van der Waals surface area contributed by atoms with Gasteiger partial charge in [0, 0.05) is 17.9 Å². The molecule has 9 nitrogen and oxygen atoms in total. The van der Waals surface area contributed by atoms with Crippen LogP contribution in [0.3, 0.4) is 0 Å². The van der Waals surface area contributed by atoms with Crippen LogP contribution >= 0.6 is 34.7 Å². The third-order valence-electron chi connectivity index (χ3n) is 3.44. The van der Waals surface area contributed by atoms with E-state index in [1.54, 1.807) is 11.6 Å². The first kappa shape index (κ1) is 17.9. The molecule has 0 saturated heterocycles. The van der Waals surface area contributed by atoms with Gasteiger partial charge >= 0.3 is 0 Å². The number of benzene rings is 1. The Morgan fingerprint density at radius 3 is 3.15 bits per heavy atom. The van der Waals surface area contributed by atoms with Gasteiger partial charge in [0.25, 0.3) is 0 Å². The van der Waals surface area contributed by atoms with E-state index in [1.807, 2.05) is 12.1 Å². The molecule has 0 saturated carbocycles. The number of aryl methyl sites for hydroxylation is 1. The van der Waals surface area contributed by atoms with Crippen molar-refractivity contribution >= 4 is 56.8 Å². The highest BCUT2D eigenvalue weighted by Crippen LogP contribution is 2.24. The number of carbonyl (C=O) groups excluding carboxylic acids is 1. The molecule has 0 radical (unpaired) electrons. The molecule has 4 aromatic rings. The molecular weight excluding hydrogens is 410 g/mol. The number of rotatable bonds is 7. The zero-order chi connectivity index (χ0) is 18.6. The molecule has 0 atom stereocenters. The molecule has 1 amide bonds. The normalized spacial score (nSPS) is 11.1. The molecule has 3 aromatic heterocycles. The van der Waals surface area contributed by atoms with E-state index in [0.29, 0.717) is 34.0 Å². The fraction of sp³-hybridized carbons (Fsp3) is 0.200. The van der Waals surface area contributed by atoms with Crippen LogP contribution < -0.4 is 5.32 Å². The molecule has 0 aliphatic heterocycles. The number of nitrogens with zero attached hydrogens (tertiary/aromatic N) is 5. The first-order valence-corrected chi connectivity index (χ1v) is 10.1. The van der Waals surface area contributed by atoms with Crippen molar-refractivity contribution in [3.8, 4) is 0 Å². The second-order valence-electron chi connectivity index (χ2n) is 5.39. The smallest absolute Gasteiger partial charge is 0.227 e. The Morgan fingerprint density at radius 2 is 2.30 bits per heavy atom. The topological polar surface area (TPSA) is 122 Å². The molecule has 0 spiro atoms. The summed E-state index contributed by atoms with van der Waals surface area (Å²) in [5, 5.41) is 15.9. The molecule has 12 heteroatoms. The Morgan fingerprint density at radius 1 is 1.37 bits per heavy atom. The second kappa shape index (κ2) is 8.03. The standard InChI is InChI=1S/C15H12ClN7O2S2/c16-8-1-2-9-10(5-8)19-14(18-9)26-6-11-20-13(25-23-11)4-3-12(24)21-15-22-17-7-27-15/h1-2,5,7H,3-4,6H2,(H,18,19)(H,21,22,24). The molecule has 0 bridgehead atoms. The lowest BCUT2D eigenvalue weighted by Gasteiger charge is -1.97. The molecule has 1 aromatic carbocycles. The summed E-state index contributed by atoms with van der Waals surface area (Å²) < 4.78 is 5.19. The van der Waals surface area contributed by atoms with Crippen LogP contribution in [0.2, 0.25) is 5.02 Å². The van der Waals surface area contributed by atoms with Crippen molar-refractivity contribution in [2.24, 2.45) is 0 Å². The second-order valence-corrected chi connectivity index (χ2v) is 7.62. The zero-order valence-corrected chi connectivity index (χ0v) is 16.1. The van der Waals surface area contributed by atoms with Gasteiger partial charge in [0.15, 0.2) is 11.0 Å². The summed E-state index contributed by atoms with van der Waals surface area (Å²) in [5.41, 5.74) is 3.27. The van der Waals surface area contributed by atoms with Crippen molar-refractivity contribution in [1.82, 2.24) is 30.3 Å². The summed E-state index contributed by atoms with van der Waals surface area (Å²) in [6, 6.07) is 5.48. The molecule has 0 aliphatic carbocycles. The summed E-state index contributed by atoms with van der Waals surface area (Å²) in [4.78, 5) is 23.8. The molecule has 3 heterocycles. The maximum atomic E-state index is 11.8. The Kier molecular flexibility index (Phi) is 5.32. The Hall–Kier alpha value is -2.50. The van der Waals surface area contributed by atoms with Gasteiger partial charge < -0.3 is 14.8 Å². The average molecular weight is 422 g/mol. The van der Waals surface area contributed by atoms with Crippen LogP contribution in [0.4, 0.5) is 5.13 Å². The van der Waals surface area contributed by atoms with E-state index in [1.165, 1.54) is 23.1 Å². The number of imidazole rings is 1. The molecular formula is C15H12ClN7O2S2. The van der Waals surface area contributed by atoms with Gasteiger partial charge in [-0.1, -0.05) is 39.9 Å². The minimum atomic E-state index is -0.179. The Labute approximate surface area is 165 Å². The summed E-state index contributed by atoms with van der Waals surface area (Å²) in [6.07, 6.45) is 0.574. The summed E-state index contributed by atoms with van der Waals surface area (Å²) >= 11 is 8.69. The minimum Gasteiger partial charge on any atom is -0.339 e. The van der Waals surface area contributed by atoms with E-state index in [-0.39, 0.29) is 12.3 Å². The predicted octanol–water partition coefficient (Wildman–Crippen LogP) is 3.31. The highest BCUT2D eigenvalue weighted by Gasteiger charge is 2.12. The maximum absolute atomic E-state index is 11.8. The van der Waals surface area contributed by atoms with E-state index in [0.717, 1.165) is 16.2 Å². The third kappa shape index (κ3) is 4.62. The number of hydrogen-bond donors (Lipinski definition) is 2. The monoisotopic (exact) mass is 421 g/mol. The Bertz CT molecular complexity index is 1060. The van der Waals surface area contributed by atoms with E-state index in [2.05, 4.69) is 35.6 Å². The molecule has 2 N–H and O–H groups in total. The van der Waals surface area contributed by atoms with Crippen molar-refractivity contribution in [2.75, 3.05) is 5.32 Å². The minimum absolute atomic E-state index is 0.179. The number of halogens is 1. The van der Waals surface area contributed by atoms with Crippen LogP contribution in [0, 0.1) is 0 Å². The predicted molar refractivity (Wildman–Crippen MR) is 102 cm³/mol. The van der Waals surface area contributed by atoms with E-state index in [4.69, 9.17) is 16.1 Å². The third-order valence-corrected chi connectivity index (χ3v) is 5.15. The molecule has 0 unspecified atom stereocenters. The maximum Gasteiger partial charge on any atom is 0.227 e. The Balaban J connectivity index is 1.29. The molecule has 0 aliphatic rings. The average Bonchev–Trinajstić information content (AvgIpc) is 3.38. The van der Waals surface area contributed by atoms with Crippen LogP contribution in [0.5, 0.6) is 0 Å². The molecule has 27 heavy (non-hydrogen) atoms. The molecule has 4 rings (SSSR count). The number of nitrogens with one attached hydrogen (secondary N) is 2. The number of aromatic nitrogens is 6. The van der Waals surface area contributed by atoms with Crippen molar-refractivity contribution in [2.45, 2.75) is 23.8 Å². The molecule has 138 valence electrons. The van der Waals surface area contributed by atoms with E-state index in [9.17, 15) is 4.79 Å². The number of carbonyl (C=O) groups is 1. The van der Waals surface area contributed by atoms with Crippen LogP contribution in [0.15, 0.2) is 33.4 Å². The zero-order valence-electron chi connectivity index (χ0n) is 13.7. The summed E-state index contributed by atoms with van der Waals surface area (Å²) in [6.45, 7) is 0. The van der Waals surface area contributed by atoms with Crippen molar-refractivity contribution in [1.29, 1.82) is 0 Å². The van der Waals surface area contributed by atoms with Crippen molar-refractivity contribution < 1.29 is 9.32 Å². The van der Waals surface area contributed by atoms with E-state index < -0.39 is 0 Å². The van der Waals surface area contributed by atoms with Crippen LogP contribution in [0.25, 0.3) is 11.0 Å². The summed E-state index contributed by atoms with van der Waals surface area (Å²) in [5.74, 6) is 1.27. The number of anilines is 1. The van der Waals surface area contributed by atoms with Gasteiger partial charge in [0.2, 0.25) is 16.9 Å². The number of amides is 1. The largest absolute Gasteiger partial charge is 0.339 e. The van der Waals surface area contributed by atoms with E-state index >= 15 is 0 Å². The number of thioether (sulfide) groups is 1. The first-order chi connectivity index (χ1) is 13.2. The lowest BCUT2D eigenvalue weighted by atomic mass is 10.3. The van der Waals surface area contributed by atoms with Crippen molar-refractivity contribution in [3.05, 3.63) is 40.4 Å². The highest BCUT2D eigenvalue weighted by molar-refractivity contribution is 7.98. The number of fused-ring (bicyclic) bond motifs is 1. The van der Waals surface area contributed by atoms with Gasteiger partial charge in [-0.15, -0.1) is 10.2 Å². The van der Waals surface area contributed by atoms with Crippen LogP contribution in [-0.4, -0.2) is 36.2 Å². The molecule has 0 fully saturated rings. The van der Waals surface area contributed by atoms with Crippen molar-refractivity contribution in [3.63, 3.8) is 0 Å². The fourth-order valence-electron chi connectivity index (χ4n) is 2.24. The number of hydrogen-bond acceptors (Lipinski definition) is 9. The van der Waals surface area contributed by atoms with Gasteiger partial charge in [0.1, 0.15) is 5.51 Å². The van der Waals surface area contributed by atoms with Crippen LogP contribution in [-0.2, 0) is 17.0 Å². The van der Waals surface area contributed by atoms with Gasteiger partial charge in [-0.25, -0.2) is 4.98 Å². The lowest BCUT2D eigenvalue weighted by molar-refractivity contribution is -0.116. The van der Waals surface area contributed by atoms with Crippen LogP contribution in [0.1, 0.15) is 18.1 Å².